The van der Waals surface area contributed by atoms with E-state index < -0.39 is 0 Å². The quantitative estimate of drug-likeness (QED) is 0.523. The molecule has 0 radical (unpaired) electrons. The molecule has 1 saturated heterocycles. The Morgan fingerprint density at radius 2 is 1.61 bits per heavy atom. The van der Waals surface area contributed by atoms with Crippen LogP contribution in [0.3, 0.4) is 0 Å². The maximum atomic E-state index is 5.37. The molecule has 1 heterocycles. The first-order valence-corrected chi connectivity index (χ1v) is 10.1. The molecular formula is C25H26N2O. The normalized spacial score (nSPS) is 16.0. The summed E-state index contributed by atoms with van der Waals surface area (Å²) in [5.74, 6) is 0.930. The first-order chi connectivity index (χ1) is 13.8. The molecule has 1 fully saturated rings. The van der Waals surface area contributed by atoms with Gasteiger partial charge in [-0.3, -0.25) is 4.90 Å². The fourth-order valence-electron chi connectivity index (χ4n) is 4.53. The number of hydrogen-bond donors (Lipinski definition) is 0. The van der Waals surface area contributed by atoms with Crippen LogP contribution in [0.15, 0.2) is 66.7 Å². The highest BCUT2D eigenvalue weighted by Crippen LogP contribution is 2.36. The molecule has 28 heavy (non-hydrogen) atoms. The molecule has 1 aliphatic heterocycles. The molecule has 3 nitrogen and oxygen atoms in total. The predicted molar refractivity (Wildman–Crippen MR) is 115 cm³/mol. The zero-order chi connectivity index (χ0) is 18.9. The van der Waals surface area contributed by atoms with E-state index in [2.05, 4.69) is 70.5 Å². The molecule has 0 unspecified atom stereocenters. The lowest BCUT2D eigenvalue weighted by molar-refractivity contribution is 0.250. The van der Waals surface area contributed by atoms with E-state index in [1.54, 1.807) is 7.11 Å². The molecule has 2 aliphatic rings. The molecule has 0 atom stereocenters. The van der Waals surface area contributed by atoms with Gasteiger partial charge in [0.2, 0.25) is 0 Å². The molecular weight excluding hydrogens is 344 g/mol. The van der Waals surface area contributed by atoms with Crippen molar-refractivity contribution in [1.29, 1.82) is 0 Å². The third-order valence-corrected chi connectivity index (χ3v) is 6.06. The van der Waals surface area contributed by atoms with Gasteiger partial charge in [0.15, 0.2) is 0 Å². The fraction of sp³-hybridized carbons (Fsp3) is 0.280. The van der Waals surface area contributed by atoms with E-state index in [0.717, 1.165) is 44.9 Å². The summed E-state index contributed by atoms with van der Waals surface area (Å²) in [7, 11) is 1.73. The van der Waals surface area contributed by atoms with Gasteiger partial charge in [0.05, 0.1) is 7.11 Å². The summed E-state index contributed by atoms with van der Waals surface area (Å²) in [6, 6.07) is 24.2. The van der Waals surface area contributed by atoms with Gasteiger partial charge in [-0.2, -0.15) is 0 Å². The van der Waals surface area contributed by atoms with Gasteiger partial charge in [-0.1, -0.05) is 48.5 Å². The Hall–Kier alpha value is -2.78. The molecule has 3 aromatic rings. The van der Waals surface area contributed by atoms with E-state index in [-0.39, 0.29) is 0 Å². The topological polar surface area (TPSA) is 15.7 Å². The number of anilines is 1. The molecule has 0 aromatic heterocycles. The van der Waals surface area contributed by atoms with Crippen LogP contribution in [0.5, 0.6) is 5.75 Å². The van der Waals surface area contributed by atoms with Crippen LogP contribution in [0.1, 0.15) is 16.7 Å². The number of piperazine rings is 1. The van der Waals surface area contributed by atoms with Crippen LogP contribution in [0.25, 0.3) is 11.1 Å². The summed E-state index contributed by atoms with van der Waals surface area (Å²) in [5, 5.41) is 0. The van der Waals surface area contributed by atoms with Crippen molar-refractivity contribution in [2.75, 3.05) is 38.2 Å². The van der Waals surface area contributed by atoms with Gasteiger partial charge in [0, 0.05) is 44.5 Å². The molecule has 0 spiro atoms. The zero-order valence-corrected chi connectivity index (χ0v) is 16.4. The number of hydrogen-bond acceptors (Lipinski definition) is 3. The number of methoxy groups -OCH3 is 1. The van der Waals surface area contributed by atoms with E-state index in [9.17, 15) is 0 Å². The summed E-state index contributed by atoms with van der Waals surface area (Å²) >= 11 is 0. The van der Waals surface area contributed by atoms with Gasteiger partial charge >= 0.3 is 0 Å². The van der Waals surface area contributed by atoms with Crippen LogP contribution in [-0.2, 0) is 13.0 Å². The molecule has 0 amide bonds. The van der Waals surface area contributed by atoms with E-state index in [1.165, 1.54) is 33.5 Å². The summed E-state index contributed by atoms with van der Waals surface area (Å²) < 4.78 is 5.37. The molecule has 1 aliphatic carbocycles. The summed E-state index contributed by atoms with van der Waals surface area (Å²) in [4.78, 5) is 5.03. The van der Waals surface area contributed by atoms with Crippen molar-refractivity contribution in [1.82, 2.24) is 4.90 Å². The fourth-order valence-corrected chi connectivity index (χ4v) is 4.53. The van der Waals surface area contributed by atoms with Crippen LogP contribution < -0.4 is 9.64 Å². The van der Waals surface area contributed by atoms with E-state index in [4.69, 9.17) is 4.74 Å². The molecule has 0 N–H and O–H groups in total. The Morgan fingerprint density at radius 3 is 2.46 bits per heavy atom. The Balaban J connectivity index is 1.23. The highest BCUT2D eigenvalue weighted by Gasteiger charge is 2.20. The lowest BCUT2D eigenvalue weighted by Crippen LogP contribution is -2.45. The van der Waals surface area contributed by atoms with Crippen LogP contribution in [-0.4, -0.2) is 38.2 Å². The third kappa shape index (κ3) is 3.27. The average Bonchev–Trinajstić information content (AvgIpc) is 3.12. The van der Waals surface area contributed by atoms with Gasteiger partial charge in [-0.15, -0.1) is 0 Å². The second-order valence-electron chi connectivity index (χ2n) is 7.79. The highest BCUT2D eigenvalue weighted by atomic mass is 16.5. The molecule has 0 saturated carbocycles. The standard InChI is InChI=1S/C25H26N2O/c1-28-23-7-4-6-22(17-23)27-13-11-26(12-14-27)18-19-9-10-25-21(15-19)16-20-5-2-3-8-24(20)25/h2-10,15,17H,11-14,16,18H2,1H3. The van der Waals surface area contributed by atoms with Gasteiger partial charge in [-0.25, -0.2) is 0 Å². The largest absolute Gasteiger partial charge is 0.497 e. The van der Waals surface area contributed by atoms with Crippen molar-refractivity contribution in [3.8, 4) is 16.9 Å². The lowest BCUT2D eigenvalue weighted by atomic mass is 10.0. The van der Waals surface area contributed by atoms with Crippen LogP contribution in [0, 0.1) is 0 Å². The van der Waals surface area contributed by atoms with Crippen LogP contribution >= 0.6 is 0 Å². The molecule has 3 heteroatoms. The maximum Gasteiger partial charge on any atom is 0.120 e. The van der Waals surface area contributed by atoms with Gasteiger partial charge in [-0.05, 0) is 46.4 Å². The number of fused-ring (bicyclic) bond motifs is 3. The van der Waals surface area contributed by atoms with Crippen LogP contribution in [0.2, 0.25) is 0 Å². The third-order valence-electron chi connectivity index (χ3n) is 6.06. The van der Waals surface area contributed by atoms with Gasteiger partial charge in [0.25, 0.3) is 0 Å². The maximum absolute atomic E-state index is 5.37. The van der Waals surface area contributed by atoms with Crippen molar-refractivity contribution < 1.29 is 4.74 Å². The summed E-state index contributed by atoms with van der Waals surface area (Å²) in [5.41, 5.74) is 8.46. The Bertz CT molecular complexity index is 989. The summed E-state index contributed by atoms with van der Waals surface area (Å²) in [6.07, 6.45) is 1.07. The van der Waals surface area contributed by atoms with Crippen molar-refractivity contribution >= 4 is 5.69 Å². The zero-order valence-electron chi connectivity index (χ0n) is 16.4. The summed E-state index contributed by atoms with van der Waals surface area (Å²) in [6.45, 7) is 5.34. The van der Waals surface area contributed by atoms with E-state index >= 15 is 0 Å². The minimum absolute atomic E-state index is 0.930. The highest BCUT2D eigenvalue weighted by molar-refractivity contribution is 5.76. The Labute approximate surface area is 167 Å². The molecule has 0 bridgehead atoms. The van der Waals surface area contributed by atoms with Gasteiger partial charge < -0.3 is 9.64 Å². The number of benzene rings is 3. The van der Waals surface area contributed by atoms with Crippen molar-refractivity contribution in [3.63, 3.8) is 0 Å². The van der Waals surface area contributed by atoms with E-state index in [1.807, 2.05) is 6.07 Å². The smallest absolute Gasteiger partial charge is 0.120 e. The van der Waals surface area contributed by atoms with Crippen molar-refractivity contribution in [2.45, 2.75) is 13.0 Å². The Kier molecular flexibility index (Phi) is 4.53. The average molecular weight is 370 g/mol. The van der Waals surface area contributed by atoms with E-state index in [0.29, 0.717) is 0 Å². The minimum Gasteiger partial charge on any atom is -0.497 e. The number of ether oxygens (including phenoxy) is 1. The lowest BCUT2D eigenvalue weighted by Gasteiger charge is -2.36. The number of nitrogens with zero attached hydrogens (tertiary/aromatic N) is 2. The SMILES string of the molecule is COc1cccc(N2CCN(Cc3ccc4c(c3)Cc3ccccc3-4)CC2)c1. The first-order valence-electron chi connectivity index (χ1n) is 10.1. The first kappa shape index (κ1) is 17.3. The van der Waals surface area contributed by atoms with Gasteiger partial charge in [0.1, 0.15) is 5.75 Å². The predicted octanol–water partition coefficient (Wildman–Crippen LogP) is 4.59. The second-order valence-corrected chi connectivity index (χ2v) is 7.79. The minimum atomic E-state index is 0.930. The molecule has 5 rings (SSSR count). The molecule has 3 aromatic carbocycles. The second kappa shape index (κ2) is 7.33. The van der Waals surface area contributed by atoms with Crippen molar-refractivity contribution in [2.24, 2.45) is 0 Å². The van der Waals surface area contributed by atoms with Crippen LogP contribution in [0.4, 0.5) is 5.69 Å². The molecule has 142 valence electrons. The number of rotatable bonds is 4. The Morgan fingerprint density at radius 1 is 0.786 bits per heavy atom. The van der Waals surface area contributed by atoms with Crippen molar-refractivity contribution in [3.05, 3.63) is 83.4 Å². The monoisotopic (exact) mass is 370 g/mol.